The molecule has 1 saturated carbocycles. The number of benzene rings is 1. The number of hydrogen-bond donors (Lipinski definition) is 0. The van der Waals surface area contributed by atoms with Crippen molar-refractivity contribution >= 4 is 23.4 Å². The van der Waals surface area contributed by atoms with Crippen molar-refractivity contribution in [2.45, 2.75) is 52.4 Å². The lowest BCUT2D eigenvalue weighted by molar-refractivity contribution is -0.145. The van der Waals surface area contributed by atoms with Crippen molar-refractivity contribution in [3.8, 4) is 0 Å². The summed E-state index contributed by atoms with van der Waals surface area (Å²) in [6.45, 7) is 6.89. The van der Waals surface area contributed by atoms with E-state index in [0.29, 0.717) is 51.5 Å². The third-order valence-corrected chi connectivity index (χ3v) is 7.19. The number of rotatable bonds is 4. The van der Waals surface area contributed by atoms with Crippen LogP contribution < -0.4 is 4.90 Å². The number of nitrogens with zero attached hydrogens (tertiary/aromatic N) is 3. The third-order valence-electron chi connectivity index (χ3n) is 7.19. The molecule has 0 N–H and O–H groups in total. The quantitative estimate of drug-likeness (QED) is 0.716. The van der Waals surface area contributed by atoms with E-state index in [2.05, 4.69) is 6.92 Å². The standard InChI is InChI=1S/C24H33N3O3/c1-17-7-8-20(15-18(17)2)27-10-9-21(24(27)30)23(29)26-13-11-25(12-14-26)22(28)16-19-5-3-4-6-19/h7-8,15,19,21H,3-6,9-14,16H2,1-2H3. The summed E-state index contributed by atoms with van der Waals surface area (Å²) in [6, 6.07) is 6.01. The van der Waals surface area contributed by atoms with Crippen LogP contribution in [0.5, 0.6) is 0 Å². The molecular formula is C24H33N3O3. The second-order valence-corrected chi connectivity index (χ2v) is 9.16. The van der Waals surface area contributed by atoms with Gasteiger partial charge in [0.25, 0.3) is 0 Å². The second kappa shape index (κ2) is 8.78. The monoisotopic (exact) mass is 411 g/mol. The van der Waals surface area contributed by atoms with Gasteiger partial charge in [-0.15, -0.1) is 0 Å². The summed E-state index contributed by atoms with van der Waals surface area (Å²) in [5.41, 5.74) is 3.22. The van der Waals surface area contributed by atoms with E-state index < -0.39 is 5.92 Å². The highest BCUT2D eigenvalue weighted by Gasteiger charge is 2.40. The summed E-state index contributed by atoms with van der Waals surface area (Å²) >= 11 is 0. The molecule has 3 amide bonds. The Kier molecular flexibility index (Phi) is 6.11. The van der Waals surface area contributed by atoms with Crippen molar-refractivity contribution in [2.75, 3.05) is 37.6 Å². The zero-order valence-electron chi connectivity index (χ0n) is 18.2. The summed E-state index contributed by atoms with van der Waals surface area (Å²) in [7, 11) is 0. The van der Waals surface area contributed by atoms with Gasteiger partial charge in [0.1, 0.15) is 5.92 Å². The number of amides is 3. The van der Waals surface area contributed by atoms with Crippen LogP contribution >= 0.6 is 0 Å². The van der Waals surface area contributed by atoms with Gasteiger partial charge in [-0.2, -0.15) is 0 Å². The summed E-state index contributed by atoms with van der Waals surface area (Å²) < 4.78 is 0. The molecule has 1 aromatic rings. The Morgan fingerprint density at radius 2 is 1.57 bits per heavy atom. The fourth-order valence-corrected chi connectivity index (χ4v) is 5.05. The molecule has 6 heteroatoms. The van der Waals surface area contributed by atoms with Crippen LogP contribution in [0.3, 0.4) is 0 Å². The minimum absolute atomic E-state index is 0.0748. The molecule has 30 heavy (non-hydrogen) atoms. The van der Waals surface area contributed by atoms with E-state index in [1.165, 1.54) is 31.2 Å². The highest BCUT2D eigenvalue weighted by Crippen LogP contribution is 2.30. The molecule has 3 fully saturated rings. The molecule has 162 valence electrons. The van der Waals surface area contributed by atoms with Crippen LogP contribution in [0, 0.1) is 25.7 Å². The summed E-state index contributed by atoms with van der Waals surface area (Å²) in [4.78, 5) is 44.0. The first-order chi connectivity index (χ1) is 14.4. The largest absolute Gasteiger partial charge is 0.339 e. The molecule has 4 rings (SSSR count). The predicted molar refractivity (Wildman–Crippen MR) is 116 cm³/mol. The van der Waals surface area contributed by atoms with Crippen LogP contribution in [0.4, 0.5) is 5.69 Å². The molecule has 2 heterocycles. The predicted octanol–water partition coefficient (Wildman–Crippen LogP) is 2.91. The van der Waals surface area contributed by atoms with Gasteiger partial charge < -0.3 is 14.7 Å². The van der Waals surface area contributed by atoms with Crippen LogP contribution in [0.1, 0.15) is 49.7 Å². The Balaban J connectivity index is 1.31. The molecule has 1 atom stereocenters. The van der Waals surface area contributed by atoms with Crippen LogP contribution in [-0.4, -0.2) is 60.2 Å². The highest BCUT2D eigenvalue weighted by molar-refractivity contribution is 6.09. The first-order valence-electron chi connectivity index (χ1n) is 11.4. The van der Waals surface area contributed by atoms with Crippen LogP contribution in [-0.2, 0) is 14.4 Å². The number of anilines is 1. The van der Waals surface area contributed by atoms with Gasteiger partial charge in [0.2, 0.25) is 17.7 Å². The highest BCUT2D eigenvalue weighted by atomic mass is 16.2. The van der Waals surface area contributed by atoms with Crippen LogP contribution in [0.2, 0.25) is 0 Å². The average Bonchev–Trinajstić information content (AvgIpc) is 3.39. The number of carbonyl (C=O) groups excluding carboxylic acids is 3. The van der Waals surface area contributed by atoms with Crippen LogP contribution in [0.15, 0.2) is 18.2 Å². The zero-order chi connectivity index (χ0) is 21.3. The van der Waals surface area contributed by atoms with E-state index in [4.69, 9.17) is 0 Å². The molecule has 0 radical (unpaired) electrons. The molecular weight excluding hydrogens is 378 g/mol. The van der Waals surface area contributed by atoms with Crippen molar-refractivity contribution < 1.29 is 14.4 Å². The minimum atomic E-state index is -0.590. The molecule has 6 nitrogen and oxygen atoms in total. The van der Waals surface area contributed by atoms with Gasteiger partial charge >= 0.3 is 0 Å². The molecule has 0 spiro atoms. The van der Waals surface area contributed by atoms with Gasteiger partial charge in [-0.25, -0.2) is 0 Å². The van der Waals surface area contributed by atoms with E-state index in [1.807, 2.05) is 30.0 Å². The van der Waals surface area contributed by atoms with Crippen LogP contribution in [0.25, 0.3) is 0 Å². The molecule has 3 aliphatic rings. The Labute approximate surface area is 179 Å². The topological polar surface area (TPSA) is 60.9 Å². The van der Waals surface area contributed by atoms with Crippen molar-refractivity contribution in [2.24, 2.45) is 11.8 Å². The van der Waals surface area contributed by atoms with Gasteiger partial charge in [-0.1, -0.05) is 18.9 Å². The van der Waals surface area contributed by atoms with E-state index in [0.717, 1.165) is 11.3 Å². The fourth-order valence-electron chi connectivity index (χ4n) is 5.05. The summed E-state index contributed by atoms with van der Waals surface area (Å²) in [5, 5.41) is 0. The first-order valence-corrected chi connectivity index (χ1v) is 11.4. The van der Waals surface area contributed by atoms with E-state index in [9.17, 15) is 14.4 Å². The Morgan fingerprint density at radius 1 is 0.900 bits per heavy atom. The molecule has 2 aliphatic heterocycles. The molecule has 2 saturated heterocycles. The molecule has 0 aromatic heterocycles. The van der Waals surface area contributed by atoms with Crippen molar-refractivity contribution in [1.29, 1.82) is 0 Å². The second-order valence-electron chi connectivity index (χ2n) is 9.16. The summed E-state index contributed by atoms with van der Waals surface area (Å²) in [5.74, 6) is 0.0149. The molecule has 1 unspecified atom stereocenters. The lowest BCUT2D eigenvalue weighted by Crippen LogP contribution is -2.52. The molecule has 0 bridgehead atoms. The van der Waals surface area contributed by atoms with Gasteiger partial charge in [-0.05, 0) is 62.3 Å². The number of hydrogen-bond acceptors (Lipinski definition) is 3. The summed E-state index contributed by atoms with van der Waals surface area (Å²) in [6.07, 6.45) is 6.05. The van der Waals surface area contributed by atoms with Crippen molar-refractivity contribution in [3.63, 3.8) is 0 Å². The minimum Gasteiger partial charge on any atom is -0.339 e. The molecule has 1 aromatic carbocycles. The van der Waals surface area contributed by atoms with E-state index >= 15 is 0 Å². The van der Waals surface area contributed by atoms with Gasteiger partial charge in [0.15, 0.2) is 0 Å². The number of aryl methyl sites for hydroxylation is 2. The smallest absolute Gasteiger partial charge is 0.239 e. The Bertz CT molecular complexity index is 823. The average molecular weight is 412 g/mol. The third kappa shape index (κ3) is 4.23. The normalized spacial score (nSPS) is 22.8. The first kappa shape index (κ1) is 20.9. The van der Waals surface area contributed by atoms with Gasteiger partial charge in [0.05, 0.1) is 0 Å². The van der Waals surface area contributed by atoms with Gasteiger partial charge in [0, 0.05) is 44.8 Å². The van der Waals surface area contributed by atoms with Crippen molar-refractivity contribution in [3.05, 3.63) is 29.3 Å². The Morgan fingerprint density at radius 3 is 2.23 bits per heavy atom. The van der Waals surface area contributed by atoms with Crippen molar-refractivity contribution in [1.82, 2.24) is 9.80 Å². The maximum Gasteiger partial charge on any atom is 0.239 e. The van der Waals surface area contributed by atoms with E-state index in [1.54, 1.807) is 9.80 Å². The SMILES string of the molecule is Cc1ccc(N2CCC(C(=O)N3CCN(C(=O)CC4CCCC4)CC3)C2=O)cc1C. The zero-order valence-corrected chi connectivity index (χ0v) is 18.2. The maximum atomic E-state index is 13.0. The Hall–Kier alpha value is -2.37. The fraction of sp³-hybridized carbons (Fsp3) is 0.625. The number of carbonyl (C=O) groups is 3. The maximum absolute atomic E-state index is 13.0. The van der Waals surface area contributed by atoms with E-state index in [-0.39, 0.29) is 17.7 Å². The van der Waals surface area contributed by atoms with Gasteiger partial charge in [-0.3, -0.25) is 14.4 Å². The lowest BCUT2D eigenvalue weighted by Gasteiger charge is -2.36. The number of piperazine rings is 1. The lowest BCUT2D eigenvalue weighted by atomic mass is 10.0. The molecule has 1 aliphatic carbocycles.